The van der Waals surface area contributed by atoms with Gasteiger partial charge in [0.05, 0.1) is 6.04 Å². The minimum absolute atomic E-state index is 0.236. The van der Waals surface area contributed by atoms with E-state index >= 15 is 0 Å². The Hall–Kier alpha value is -1.68. The third-order valence-corrected chi connectivity index (χ3v) is 4.02. The van der Waals surface area contributed by atoms with Crippen LogP contribution in [0.3, 0.4) is 0 Å². The maximum atomic E-state index is 12.5. The van der Waals surface area contributed by atoms with Gasteiger partial charge in [-0.3, -0.25) is 10.1 Å². The van der Waals surface area contributed by atoms with Gasteiger partial charge in [0.25, 0.3) is 0 Å². The number of benzene rings is 1. The van der Waals surface area contributed by atoms with Crippen molar-refractivity contribution in [3.8, 4) is 0 Å². The molecule has 1 aliphatic rings. The number of hydrogen-bond donors (Lipinski definition) is 1. The standard InChI is InChI=1S/C17H23NO3/c1-14(12-19)18-17(10-6-3-7-11-17)16(20)21-13-15-8-4-2-5-9-15/h2,4-5,8-9,12,14,18H,3,6-7,10-11,13H2,1H3/t14-/m0/s1. The van der Waals surface area contributed by atoms with Crippen molar-refractivity contribution >= 4 is 12.3 Å². The molecule has 21 heavy (non-hydrogen) atoms. The normalized spacial score (nSPS) is 18.7. The smallest absolute Gasteiger partial charge is 0.326 e. The SMILES string of the molecule is C[C@@H](C=O)NC1(C(=O)OCc2ccccc2)CCCCC1. The zero-order valence-electron chi connectivity index (χ0n) is 12.5. The zero-order chi connectivity index (χ0) is 15.1. The van der Waals surface area contributed by atoms with Gasteiger partial charge in [-0.25, -0.2) is 0 Å². The molecule has 4 heteroatoms. The Morgan fingerprint density at radius 3 is 2.57 bits per heavy atom. The van der Waals surface area contributed by atoms with E-state index in [9.17, 15) is 9.59 Å². The molecule has 1 fully saturated rings. The van der Waals surface area contributed by atoms with Crippen LogP contribution in [0.15, 0.2) is 30.3 Å². The number of esters is 1. The Morgan fingerprint density at radius 2 is 1.95 bits per heavy atom. The van der Waals surface area contributed by atoms with Crippen molar-refractivity contribution < 1.29 is 14.3 Å². The second-order valence-corrected chi connectivity index (χ2v) is 5.77. The van der Waals surface area contributed by atoms with Gasteiger partial charge in [-0.1, -0.05) is 49.6 Å². The van der Waals surface area contributed by atoms with Crippen LogP contribution in [0.5, 0.6) is 0 Å². The first-order valence-electron chi connectivity index (χ1n) is 7.60. The molecule has 1 N–H and O–H groups in total. The molecule has 1 atom stereocenters. The second-order valence-electron chi connectivity index (χ2n) is 5.77. The van der Waals surface area contributed by atoms with Crippen molar-refractivity contribution in [3.63, 3.8) is 0 Å². The Morgan fingerprint density at radius 1 is 1.29 bits per heavy atom. The Labute approximate surface area is 125 Å². The summed E-state index contributed by atoms with van der Waals surface area (Å²) in [5, 5.41) is 3.18. The van der Waals surface area contributed by atoms with Crippen LogP contribution in [0.1, 0.15) is 44.6 Å². The fourth-order valence-corrected chi connectivity index (χ4v) is 2.89. The molecule has 0 aliphatic heterocycles. The van der Waals surface area contributed by atoms with Gasteiger partial charge >= 0.3 is 5.97 Å². The third-order valence-electron chi connectivity index (χ3n) is 4.02. The molecule has 0 spiro atoms. The maximum Gasteiger partial charge on any atom is 0.326 e. The van der Waals surface area contributed by atoms with E-state index in [-0.39, 0.29) is 18.6 Å². The highest BCUT2D eigenvalue weighted by molar-refractivity contribution is 5.81. The summed E-state index contributed by atoms with van der Waals surface area (Å²) in [6.45, 7) is 2.05. The van der Waals surface area contributed by atoms with Crippen LogP contribution in [-0.2, 0) is 20.9 Å². The van der Waals surface area contributed by atoms with Crippen molar-refractivity contribution in [2.45, 2.75) is 57.2 Å². The molecule has 1 saturated carbocycles. The molecule has 0 unspecified atom stereocenters. The van der Waals surface area contributed by atoms with E-state index in [1.54, 1.807) is 6.92 Å². The van der Waals surface area contributed by atoms with E-state index in [1.165, 1.54) is 0 Å². The maximum absolute atomic E-state index is 12.5. The second kappa shape index (κ2) is 7.36. The fraction of sp³-hybridized carbons (Fsp3) is 0.529. The molecule has 0 saturated heterocycles. The number of carbonyl (C=O) groups excluding carboxylic acids is 2. The molecule has 2 rings (SSSR count). The minimum Gasteiger partial charge on any atom is -0.459 e. The molecule has 4 nitrogen and oxygen atoms in total. The van der Waals surface area contributed by atoms with Crippen molar-refractivity contribution in [2.75, 3.05) is 0 Å². The molecular weight excluding hydrogens is 266 g/mol. The minimum atomic E-state index is -0.701. The first kappa shape index (κ1) is 15.7. The van der Waals surface area contributed by atoms with Crippen LogP contribution in [0.2, 0.25) is 0 Å². The summed E-state index contributed by atoms with van der Waals surface area (Å²) in [4.78, 5) is 23.5. The van der Waals surface area contributed by atoms with Gasteiger partial charge in [0.1, 0.15) is 18.4 Å². The van der Waals surface area contributed by atoms with Crippen LogP contribution in [-0.4, -0.2) is 23.8 Å². The molecule has 0 amide bonds. The Bertz CT molecular complexity index is 466. The van der Waals surface area contributed by atoms with E-state index < -0.39 is 5.54 Å². The van der Waals surface area contributed by atoms with Gasteiger partial charge in [-0.15, -0.1) is 0 Å². The predicted molar refractivity (Wildman–Crippen MR) is 80.7 cm³/mol. The Balaban J connectivity index is 2.02. The zero-order valence-corrected chi connectivity index (χ0v) is 12.5. The molecule has 114 valence electrons. The van der Waals surface area contributed by atoms with Crippen LogP contribution in [0.25, 0.3) is 0 Å². The van der Waals surface area contributed by atoms with Crippen molar-refractivity contribution in [1.82, 2.24) is 5.32 Å². The lowest BCUT2D eigenvalue weighted by molar-refractivity contribution is -0.155. The highest BCUT2D eigenvalue weighted by atomic mass is 16.5. The molecular formula is C17H23NO3. The summed E-state index contributed by atoms with van der Waals surface area (Å²) in [6, 6.07) is 9.30. The van der Waals surface area contributed by atoms with Gasteiger partial charge in [0, 0.05) is 0 Å². The van der Waals surface area contributed by atoms with E-state index in [0.717, 1.165) is 44.0 Å². The molecule has 1 aromatic carbocycles. The van der Waals surface area contributed by atoms with Crippen LogP contribution in [0, 0.1) is 0 Å². The number of aldehydes is 1. The molecule has 0 bridgehead atoms. The molecule has 0 heterocycles. The quantitative estimate of drug-likeness (QED) is 0.646. The van der Waals surface area contributed by atoms with Crippen LogP contribution < -0.4 is 5.32 Å². The van der Waals surface area contributed by atoms with Crippen molar-refractivity contribution in [1.29, 1.82) is 0 Å². The lowest BCUT2D eigenvalue weighted by atomic mass is 9.81. The van der Waals surface area contributed by atoms with Gasteiger partial charge in [-0.05, 0) is 25.3 Å². The van der Waals surface area contributed by atoms with E-state index in [4.69, 9.17) is 4.74 Å². The van der Waals surface area contributed by atoms with Crippen LogP contribution in [0.4, 0.5) is 0 Å². The van der Waals surface area contributed by atoms with Crippen LogP contribution >= 0.6 is 0 Å². The summed E-state index contributed by atoms with van der Waals surface area (Å²) in [5.41, 5.74) is 0.271. The lowest BCUT2D eigenvalue weighted by Crippen LogP contribution is -2.57. The first-order valence-corrected chi connectivity index (χ1v) is 7.60. The molecule has 0 radical (unpaired) electrons. The highest BCUT2D eigenvalue weighted by Crippen LogP contribution is 2.30. The highest BCUT2D eigenvalue weighted by Gasteiger charge is 2.41. The summed E-state index contributed by atoms with van der Waals surface area (Å²) < 4.78 is 5.50. The average Bonchev–Trinajstić information content (AvgIpc) is 2.54. The van der Waals surface area contributed by atoms with E-state index in [1.807, 2.05) is 30.3 Å². The molecule has 0 aromatic heterocycles. The summed E-state index contributed by atoms with van der Waals surface area (Å²) in [7, 11) is 0. The van der Waals surface area contributed by atoms with Gasteiger partial charge < -0.3 is 9.53 Å². The van der Waals surface area contributed by atoms with Gasteiger partial charge in [0.2, 0.25) is 0 Å². The number of nitrogens with one attached hydrogen (secondary N) is 1. The summed E-state index contributed by atoms with van der Waals surface area (Å²) >= 11 is 0. The van der Waals surface area contributed by atoms with Gasteiger partial charge in [0.15, 0.2) is 0 Å². The molecule has 1 aliphatic carbocycles. The van der Waals surface area contributed by atoms with E-state index in [2.05, 4.69) is 5.32 Å². The van der Waals surface area contributed by atoms with Crippen molar-refractivity contribution in [3.05, 3.63) is 35.9 Å². The summed E-state index contributed by atoms with van der Waals surface area (Å²) in [6.07, 6.45) is 5.40. The van der Waals surface area contributed by atoms with Gasteiger partial charge in [-0.2, -0.15) is 0 Å². The largest absolute Gasteiger partial charge is 0.459 e. The average molecular weight is 289 g/mol. The lowest BCUT2D eigenvalue weighted by Gasteiger charge is -2.37. The fourth-order valence-electron chi connectivity index (χ4n) is 2.89. The predicted octanol–water partition coefficient (Wildman–Crippen LogP) is 2.61. The Kier molecular flexibility index (Phi) is 5.51. The first-order chi connectivity index (χ1) is 10.2. The number of carbonyl (C=O) groups is 2. The van der Waals surface area contributed by atoms with Crippen molar-refractivity contribution in [2.24, 2.45) is 0 Å². The number of rotatable bonds is 6. The number of ether oxygens (including phenoxy) is 1. The monoisotopic (exact) mass is 289 g/mol. The topological polar surface area (TPSA) is 55.4 Å². The third kappa shape index (κ3) is 4.14. The number of hydrogen-bond acceptors (Lipinski definition) is 4. The molecule has 1 aromatic rings. The van der Waals surface area contributed by atoms with E-state index in [0.29, 0.717) is 0 Å². The summed E-state index contributed by atoms with van der Waals surface area (Å²) in [5.74, 6) is -0.236.